The second-order valence-electron chi connectivity index (χ2n) is 7.03. The fourth-order valence-corrected chi connectivity index (χ4v) is 4.50. The molecule has 2 aliphatic rings. The van der Waals surface area contributed by atoms with Crippen LogP contribution in [0.2, 0.25) is 0 Å². The highest BCUT2D eigenvalue weighted by atomic mass is 127. The highest BCUT2D eigenvalue weighted by molar-refractivity contribution is 14.1. The van der Waals surface area contributed by atoms with Crippen molar-refractivity contribution < 1.29 is 0 Å². The van der Waals surface area contributed by atoms with Crippen molar-refractivity contribution in [3.63, 3.8) is 0 Å². The van der Waals surface area contributed by atoms with Crippen LogP contribution >= 0.6 is 22.6 Å². The Morgan fingerprint density at radius 3 is 2.61 bits per heavy atom. The molecule has 0 saturated carbocycles. The second-order valence-corrected chi connectivity index (χ2v) is 8.27. The molecule has 0 aromatic heterocycles. The van der Waals surface area contributed by atoms with Crippen LogP contribution in [-0.2, 0) is 0 Å². The van der Waals surface area contributed by atoms with Crippen molar-refractivity contribution in [3.05, 3.63) is 74.9 Å². The number of fused-ring (bicyclic) bond motifs is 3. The third-order valence-electron chi connectivity index (χ3n) is 5.29. The molecule has 0 saturated heterocycles. The number of allylic oxidation sites excluding steroid dienone is 2. The molecular weight excluding hydrogens is 393 g/mol. The van der Waals surface area contributed by atoms with Crippen LogP contribution in [0, 0.1) is 9.49 Å². The van der Waals surface area contributed by atoms with Gasteiger partial charge in [0, 0.05) is 15.2 Å². The molecule has 0 bridgehead atoms. The van der Waals surface area contributed by atoms with E-state index in [1.807, 2.05) is 0 Å². The van der Waals surface area contributed by atoms with Crippen LogP contribution in [0.15, 0.2) is 54.6 Å². The maximum Gasteiger partial charge on any atom is 0.0553 e. The van der Waals surface area contributed by atoms with Gasteiger partial charge in [-0.15, -0.1) is 0 Å². The van der Waals surface area contributed by atoms with E-state index in [4.69, 9.17) is 0 Å². The molecule has 1 heterocycles. The average Bonchev–Trinajstić information content (AvgIpc) is 3.04. The van der Waals surface area contributed by atoms with E-state index < -0.39 is 0 Å². The first kappa shape index (κ1) is 15.3. The van der Waals surface area contributed by atoms with Gasteiger partial charge in [0.15, 0.2) is 0 Å². The van der Waals surface area contributed by atoms with E-state index in [9.17, 15) is 0 Å². The molecule has 1 aliphatic carbocycles. The van der Waals surface area contributed by atoms with Gasteiger partial charge in [-0.1, -0.05) is 50.3 Å². The maximum absolute atomic E-state index is 3.82. The average molecular weight is 415 g/mol. The van der Waals surface area contributed by atoms with E-state index in [1.54, 1.807) is 0 Å². The predicted molar refractivity (Wildman–Crippen MR) is 106 cm³/mol. The first-order valence-electron chi connectivity index (χ1n) is 8.46. The van der Waals surface area contributed by atoms with Crippen molar-refractivity contribution in [1.82, 2.24) is 0 Å². The van der Waals surface area contributed by atoms with Gasteiger partial charge in [-0.25, -0.2) is 0 Å². The lowest BCUT2D eigenvalue weighted by molar-refractivity contribution is 0.425. The van der Waals surface area contributed by atoms with Crippen LogP contribution in [0.3, 0.4) is 0 Å². The number of nitrogens with one attached hydrogen (secondary N) is 1. The highest BCUT2D eigenvalue weighted by Gasteiger charge is 2.37. The first-order valence-corrected chi connectivity index (χ1v) is 9.54. The van der Waals surface area contributed by atoms with Crippen molar-refractivity contribution in [2.75, 3.05) is 5.32 Å². The molecule has 3 atom stereocenters. The van der Waals surface area contributed by atoms with E-state index in [0.29, 0.717) is 23.8 Å². The smallest absolute Gasteiger partial charge is 0.0553 e. The highest BCUT2D eigenvalue weighted by Crippen LogP contribution is 2.50. The van der Waals surface area contributed by atoms with Crippen LogP contribution in [0.25, 0.3) is 0 Å². The van der Waals surface area contributed by atoms with Crippen molar-refractivity contribution in [3.8, 4) is 0 Å². The van der Waals surface area contributed by atoms with E-state index in [0.717, 1.165) is 0 Å². The molecule has 4 rings (SSSR count). The second kappa shape index (κ2) is 5.97. The largest absolute Gasteiger partial charge is 0.378 e. The van der Waals surface area contributed by atoms with Gasteiger partial charge < -0.3 is 5.32 Å². The summed E-state index contributed by atoms with van der Waals surface area (Å²) in [5.74, 6) is 1.77. The molecule has 2 heteroatoms. The molecule has 0 spiro atoms. The monoisotopic (exact) mass is 415 g/mol. The Morgan fingerprint density at radius 1 is 1.09 bits per heavy atom. The fourth-order valence-electron chi connectivity index (χ4n) is 3.98. The molecule has 1 nitrogen and oxygen atoms in total. The third kappa shape index (κ3) is 2.71. The molecule has 1 aliphatic heterocycles. The number of halogens is 1. The van der Waals surface area contributed by atoms with Gasteiger partial charge in [-0.3, -0.25) is 0 Å². The van der Waals surface area contributed by atoms with Crippen molar-refractivity contribution in [1.29, 1.82) is 0 Å². The summed E-state index contributed by atoms with van der Waals surface area (Å²) in [4.78, 5) is 0. The zero-order valence-corrected chi connectivity index (χ0v) is 15.7. The molecule has 23 heavy (non-hydrogen) atoms. The Labute approximate surface area is 152 Å². The summed E-state index contributed by atoms with van der Waals surface area (Å²) in [6, 6.07) is 16.4. The minimum absolute atomic E-state index is 0.406. The number of hydrogen-bond donors (Lipinski definition) is 1. The van der Waals surface area contributed by atoms with Crippen molar-refractivity contribution in [2.24, 2.45) is 5.92 Å². The van der Waals surface area contributed by atoms with E-state index in [1.165, 1.54) is 32.4 Å². The van der Waals surface area contributed by atoms with E-state index in [-0.39, 0.29) is 0 Å². The Hall–Kier alpha value is -1.29. The number of anilines is 1. The first-order chi connectivity index (χ1) is 11.1. The van der Waals surface area contributed by atoms with Gasteiger partial charge in [-0.2, -0.15) is 0 Å². The minimum Gasteiger partial charge on any atom is -0.378 e. The van der Waals surface area contributed by atoms with Gasteiger partial charge in [0.25, 0.3) is 0 Å². The van der Waals surface area contributed by atoms with E-state index in [2.05, 4.69) is 96.4 Å². The summed E-state index contributed by atoms with van der Waals surface area (Å²) in [7, 11) is 0. The van der Waals surface area contributed by atoms with Gasteiger partial charge >= 0.3 is 0 Å². The molecule has 2 aromatic carbocycles. The molecule has 0 radical (unpaired) electrons. The predicted octanol–water partition coefficient (Wildman–Crippen LogP) is 6.24. The summed E-state index contributed by atoms with van der Waals surface area (Å²) < 4.78 is 1.32. The van der Waals surface area contributed by atoms with Gasteiger partial charge in [0.05, 0.1) is 6.04 Å². The number of benzene rings is 2. The van der Waals surface area contributed by atoms with Crippen LogP contribution < -0.4 is 5.32 Å². The maximum atomic E-state index is 3.82. The molecular formula is C21H22IN. The van der Waals surface area contributed by atoms with Crippen molar-refractivity contribution in [2.45, 2.75) is 38.1 Å². The Bertz CT molecular complexity index is 745. The Kier molecular flexibility index (Phi) is 3.96. The summed E-state index contributed by atoms with van der Waals surface area (Å²) in [5, 5.41) is 3.82. The molecule has 118 valence electrons. The molecule has 1 N–H and O–H groups in total. The number of hydrogen-bond acceptors (Lipinski definition) is 1. The molecule has 0 amide bonds. The molecule has 2 aromatic rings. The van der Waals surface area contributed by atoms with Crippen LogP contribution in [0.1, 0.15) is 54.8 Å². The lowest BCUT2D eigenvalue weighted by Crippen LogP contribution is -2.29. The zero-order chi connectivity index (χ0) is 16.0. The lowest BCUT2D eigenvalue weighted by Gasteiger charge is -2.37. The van der Waals surface area contributed by atoms with Crippen LogP contribution in [0.4, 0.5) is 5.69 Å². The summed E-state index contributed by atoms with van der Waals surface area (Å²) in [6.45, 7) is 4.51. The quantitative estimate of drug-likeness (QED) is 0.452. The normalized spacial score (nSPS) is 25.1. The molecule has 0 unspecified atom stereocenters. The standard InChI is InChI=1S/C21H22IN/c1-13(2)14-6-8-15(9-7-14)21-18-5-3-4-17(18)19-12-16(22)10-11-20(19)23-21/h3-4,6-13,17-18,21,23H,5H2,1-2H3/t17-,18+,21+/m1/s1. The Morgan fingerprint density at radius 2 is 1.87 bits per heavy atom. The van der Waals surface area contributed by atoms with Gasteiger partial charge in [-0.05, 0) is 75.7 Å². The summed E-state index contributed by atoms with van der Waals surface area (Å²) in [5.41, 5.74) is 5.60. The van der Waals surface area contributed by atoms with E-state index >= 15 is 0 Å². The van der Waals surface area contributed by atoms with Gasteiger partial charge in [0.2, 0.25) is 0 Å². The summed E-state index contributed by atoms with van der Waals surface area (Å²) in [6.07, 6.45) is 5.94. The fraction of sp³-hybridized carbons (Fsp3) is 0.333. The van der Waals surface area contributed by atoms with Crippen LogP contribution in [-0.4, -0.2) is 0 Å². The number of rotatable bonds is 2. The third-order valence-corrected chi connectivity index (χ3v) is 5.96. The zero-order valence-electron chi connectivity index (χ0n) is 13.6. The molecule has 0 fully saturated rings. The minimum atomic E-state index is 0.406. The van der Waals surface area contributed by atoms with Gasteiger partial charge in [0.1, 0.15) is 0 Å². The Balaban J connectivity index is 1.71. The van der Waals surface area contributed by atoms with Crippen molar-refractivity contribution >= 4 is 28.3 Å². The SMILES string of the molecule is CC(C)c1ccc([C@@H]2Nc3ccc(I)cc3[C@@H]3C=CC[C@@H]32)cc1. The summed E-state index contributed by atoms with van der Waals surface area (Å²) >= 11 is 2.41. The lowest BCUT2D eigenvalue weighted by atomic mass is 9.77. The van der Waals surface area contributed by atoms with Crippen LogP contribution in [0.5, 0.6) is 0 Å². The topological polar surface area (TPSA) is 12.0 Å².